The van der Waals surface area contributed by atoms with Crippen LogP contribution in [0.3, 0.4) is 0 Å². The average molecular weight is 375 g/mol. The Morgan fingerprint density at radius 1 is 0.962 bits per heavy atom. The quantitative estimate of drug-likeness (QED) is 0.797. The van der Waals surface area contributed by atoms with Gasteiger partial charge in [0.05, 0.1) is 11.6 Å². The SMILES string of the molecule is N#Cc1cccc(NC(=O)CS(=O)(=O)CC(=O)Nc2ccc(F)cc2)c1. The van der Waals surface area contributed by atoms with Gasteiger partial charge in [0, 0.05) is 11.4 Å². The fourth-order valence-corrected chi connectivity index (χ4v) is 3.09. The van der Waals surface area contributed by atoms with Crippen molar-refractivity contribution < 1.29 is 22.4 Å². The lowest BCUT2D eigenvalue weighted by Gasteiger charge is -2.08. The molecule has 2 amide bonds. The highest BCUT2D eigenvalue weighted by molar-refractivity contribution is 7.92. The van der Waals surface area contributed by atoms with Crippen LogP contribution < -0.4 is 10.6 Å². The first-order valence-corrected chi connectivity index (χ1v) is 9.15. The third-order valence-electron chi connectivity index (χ3n) is 3.11. The van der Waals surface area contributed by atoms with E-state index in [1.165, 1.54) is 30.3 Å². The fourth-order valence-electron chi connectivity index (χ4n) is 2.04. The Hall–Kier alpha value is -3.25. The van der Waals surface area contributed by atoms with Gasteiger partial charge in [0.15, 0.2) is 9.84 Å². The lowest BCUT2D eigenvalue weighted by Crippen LogP contribution is -2.30. The topological polar surface area (TPSA) is 116 Å². The van der Waals surface area contributed by atoms with Gasteiger partial charge in [0.25, 0.3) is 0 Å². The molecule has 0 spiro atoms. The smallest absolute Gasteiger partial charge is 0.239 e. The maximum Gasteiger partial charge on any atom is 0.239 e. The molecule has 2 aromatic carbocycles. The number of hydrogen-bond donors (Lipinski definition) is 2. The third-order valence-corrected chi connectivity index (χ3v) is 4.51. The molecular formula is C17H14FN3O4S. The first kappa shape index (κ1) is 19.1. The van der Waals surface area contributed by atoms with Crippen molar-refractivity contribution in [3.05, 3.63) is 59.9 Å². The lowest BCUT2D eigenvalue weighted by atomic mass is 10.2. The van der Waals surface area contributed by atoms with Gasteiger partial charge in [0.2, 0.25) is 11.8 Å². The van der Waals surface area contributed by atoms with Gasteiger partial charge in [-0.2, -0.15) is 5.26 Å². The molecule has 0 unspecified atom stereocenters. The Labute approximate surface area is 149 Å². The molecule has 0 aromatic heterocycles. The highest BCUT2D eigenvalue weighted by atomic mass is 32.2. The highest BCUT2D eigenvalue weighted by Gasteiger charge is 2.21. The van der Waals surface area contributed by atoms with E-state index in [0.717, 1.165) is 12.1 Å². The predicted molar refractivity (Wildman–Crippen MR) is 93.5 cm³/mol. The number of carbonyl (C=O) groups excluding carboxylic acids is 2. The van der Waals surface area contributed by atoms with Gasteiger partial charge in [0.1, 0.15) is 17.3 Å². The predicted octanol–water partition coefficient (Wildman–Crippen LogP) is 1.69. The van der Waals surface area contributed by atoms with Crippen LogP contribution in [-0.4, -0.2) is 31.7 Å². The van der Waals surface area contributed by atoms with Crippen molar-refractivity contribution in [1.29, 1.82) is 5.26 Å². The van der Waals surface area contributed by atoms with Crippen LogP contribution in [0.2, 0.25) is 0 Å². The summed E-state index contributed by atoms with van der Waals surface area (Å²) in [6.07, 6.45) is 0. The largest absolute Gasteiger partial charge is 0.325 e. The second-order valence-corrected chi connectivity index (χ2v) is 7.39. The van der Waals surface area contributed by atoms with Gasteiger partial charge in [-0.3, -0.25) is 9.59 Å². The molecule has 0 aliphatic carbocycles. The van der Waals surface area contributed by atoms with Gasteiger partial charge in [-0.05, 0) is 42.5 Å². The molecular weight excluding hydrogens is 361 g/mol. The van der Waals surface area contributed by atoms with E-state index in [4.69, 9.17) is 5.26 Å². The maximum absolute atomic E-state index is 12.8. The molecule has 2 aromatic rings. The Kier molecular flexibility index (Phi) is 6.03. The lowest BCUT2D eigenvalue weighted by molar-refractivity contribution is -0.114. The number of hydrogen-bond acceptors (Lipinski definition) is 5. The molecule has 0 aliphatic heterocycles. The van der Waals surface area contributed by atoms with Crippen molar-refractivity contribution >= 4 is 33.0 Å². The number of halogens is 1. The monoisotopic (exact) mass is 375 g/mol. The van der Waals surface area contributed by atoms with E-state index in [-0.39, 0.29) is 11.4 Å². The molecule has 7 nitrogen and oxygen atoms in total. The molecule has 0 saturated heterocycles. The number of nitrogens with one attached hydrogen (secondary N) is 2. The Morgan fingerprint density at radius 3 is 2.12 bits per heavy atom. The van der Waals surface area contributed by atoms with E-state index < -0.39 is 39.0 Å². The number of sulfone groups is 1. The van der Waals surface area contributed by atoms with Crippen LogP contribution in [0.15, 0.2) is 48.5 Å². The minimum absolute atomic E-state index is 0.240. The summed E-state index contributed by atoms with van der Waals surface area (Å²) in [5.41, 5.74) is 0.828. The standard InChI is InChI=1S/C17H14FN3O4S/c18-13-4-6-14(7-5-13)20-16(22)10-26(24,25)11-17(23)21-15-3-1-2-12(8-15)9-19/h1-8H,10-11H2,(H,20,22)(H,21,23). The Balaban J connectivity index is 1.92. The number of nitrogens with zero attached hydrogens (tertiary/aromatic N) is 1. The summed E-state index contributed by atoms with van der Waals surface area (Å²) < 4.78 is 36.7. The summed E-state index contributed by atoms with van der Waals surface area (Å²) in [5, 5.41) is 13.5. The van der Waals surface area contributed by atoms with Crippen molar-refractivity contribution in [2.24, 2.45) is 0 Å². The van der Waals surface area contributed by atoms with Gasteiger partial charge in [-0.15, -0.1) is 0 Å². The molecule has 0 saturated carbocycles. The van der Waals surface area contributed by atoms with Crippen LogP contribution in [-0.2, 0) is 19.4 Å². The minimum Gasteiger partial charge on any atom is -0.325 e. The van der Waals surface area contributed by atoms with Crippen LogP contribution in [0.1, 0.15) is 5.56 Å². The van der Waals surface area contributed by atoms with Gasteiger partial charge >= 0.3 is 0 Å². The van der Waals surface area contributed by atoms with Crippen LogP contribution >= 0.6 is 0 Å². The molecule has 0 radical (unpaired) electrons. The average Bonchev–Trinajstić information content (AvgIpc) is 2.55. The van der Waals surface area contributed by atoms with Crippen molar-refractivity contribution in [3.63, 3.8) is 0 Å². The molecule has 0 heterocycles. The van der Waals surface area contributed by atoms with E-state index in [9.17, 15) is 22.4 Å². The molecule has 134 valence electrons. The maximum atomic E-state index is 12.8. The van der Waals surface area contributed by atoms with E-state index in [1.807, 2.05) is 6.07 Å². The molecule has 0 atom stereocenters. The summed E-state index contributed by atoms with van der Waals surface area (Å²) in [6, 6.07) is 12.7. The zero-order valence-corrected chi connectivity index (χ0v) is 14.2. The fraction of sp³-hybridized carbons (Fsp3) is 0.118. The zero-order valence-electron chi connectivity index (χ0n) is 13.4. The molecule has 0 bridgehead atoms. The third kappa shape index (κ3) is 5.99. The van der Waals surface area contributed by atoms with Gasteiger partial charge < -0.3 is 10.6 Å². The van der Waals surface area contributed by atoms with E-state index in [2.05, 4.69) is 10.6 Å². The molecule has 9 heteroatoms. The van der Waals surface area contributed by atoms with E-state index in [1.54, 1.807) is 6.07 Å². The Bertz CT molecular complexity index is 966. The molecule has 0 aliphatic rings. The first-order chi connectivity index (χ1) is 12.3. The van der Waals surface area contributed by atoms with E-state index in [0.29, 0.717) is 5.56 Å². The number of nitriles is 1. The summed E-state index contributed by atoms with van der Waals surface area (Å²) in [4.78, 5) is 23.6. The second kappa shape index (κ2) is 8.22. The number of anilines is 2. The number of amides is 2. The van der Waals surface area contributed by atoms with Crippen molar-refractivity contribution in [1.82, 2.24) is 0 Å². The zero-order chi connectivity index (χ0) is 19.2. The van der Waals surface area contributed by atoms with Crippen LogP contribution in [0.5, 0.6) is 0 Å². The molecule has 2 N–H and O–H groups in total. The van der Waals surface area contributed by atoms with Crippen LogP contribution in [0, 0.1) is 17.1 Å². The molecule has 0 fully saturated rings. The van der Waals surface area contributed by atoms with Crippen molar-refractivity contribution in [2.75, 3.05) is 22.1 Å². The minimum atomic E-state index is -4.01. The van der Waals surface area contributed by atoms with Gasteiger partial charge in [-0.1, -0.05) is 6.07 Å². The van der Waals surface area contributed by atoms with Gasteiger partial charge in [-0.25, -0.2) is 12.8 Å². The summed E-state index contributed by atoms with van der Waals surface area (Å²) >= 11 is 0. The van der Waals surface area contributed by atoms with E-state index >= 15 is 0 Å². The number of carbonyl (C=O) groups is 2. The van der Waals surface area contributed by atoms with Crippen LogP contribution in [0.25, 0.3) is 0 Å². The summed E-state index contributed by atoms with van der Waals surface area (Å²) in [5.74, 6) is -3.94. The summed E-state index contributed by atoms with van der Waals surface area (Å²) in [7, 11) is -4.01. The first-order valence-electron chi connectivity index (χ1n) is 7.33. The number of rotatable bonds is 6. The molecule has 26 heavy (non-hydrogen) atoms. The number of benzene rings is 2. The van der Waals surface area contributed by atoms with Crippen LogP contribution in [0.4, 0.5) is 15.8 Å². The summed E-state index contributed by atoms with van der Waals surface area (Å²) in [6.45, 7) is 0. The molecule has 2 rings (SSSR count). The normalized spacial score (nSPS) is 10.6. The second-order valence-electron chi connectivity index (χ2n) is 5.33. The Morgan fingerprint density at radius 2 is 1.54 bits per heavy atom. The van der Waals surface area contributed by atoms with Crippen molar-refractivity contribution in [2.45, 2.75) is 0 Å². The highest BCUT2D eigenvalue weighted by Crippen LogP contribution is 2.11. The van der Waals surface area contributed by atoms with Crippen molar-refractivity contribution in [3.8, 4) is 6.07 Å².